The average molecular weight is 132 g/mol. The summed E-state index contributed by atoms with van der Waals surface area (Å²) in [6.07, 6.45) is 2.82. The third-order valence-corrected chi connectivity index (χ3v) is 2.17. The SMILES string of the molecule is CS[C@@H]1CCOC1=O. The number of carbonyl (C=O) groups is 1. The summed E-state index contributed by atoms with van der Waals surface area (Å²) in [5.74, 6) is -0.0440. The summed E-state index contributed by atoms with van der Waals surface area (Å²) in [7, 11) is 0. The zero-order valence-corrected chi connectivity index (χ0v) is 5.53. The van der Waals surface area contributed by atoms with Gasteiger partial charge in [0.2, 0.25) is 0 Å². The molecule has 1 aliphatic rings. The minimum Gasteiger partial charge on any atom is -0.465 e. The van der Waals surface area contributed by atoms with Crippen molar-refractivity contribution in [2.75, 3.05) is 12.9 Å². The molecule has 0 saturated carbocycles. The van der Waals surface area contributed by atoms with Crippen molar-refractivity contribution in [2.24, 2.45) is 0 Å². The smallest absolute Gasteiger partial charge is 0.319 e. The van der Waals surface area contributed by atoms with Crippen LogP contribution in [0, 0.1) is 0 Å². The van der Waals surface area contributed by atoms with Gasteiger partial charge in [0.25, 0.3) is 0 Å². The van der Waals surface area contributed by atoms with Gasteiger partial charge in [0.1, 0.15) is 5.25 Å². The molecule has 46 valence electrons. The standard InChI is InChI=1S/C5H8O2S/c1-8-4-2-3-7-5(4)6/h4H,2-3H2,1H3/t4-/m1/s1. The van der Waals surface area contributed by atoms with Crippen LogP contribution < -0.4 is 0 Å². The number of hydrogen-bond donors (Lipinski definition) is 0. The van der Waals surface area contributed by atoms with Gasteiger partial charge in [-0.15, -0.1) is 0 Å². The molecule has 0 spiro atoms. The monoisotopic (exact) mass is 132 g/mol. The molecule has 1 aliphatic heterocycles. The molecule has 0 aromatic heterocycles. The third-order valence-electron chi connectivity index (χ3n) is 1.17. The van der Waals surface area contributed by atoms with E-state index in [0.717, 1.165) is 6.42 Å². The Hall–Kier alpha value is -0.180. The summed E-state index contributed by atoms with van der Waals surface area (Å²) in [4.78, 5) is 10.6. The quantitative estimate of drug-likeness (QED) is 0.490. The fourth-order valence-corrected chi connectivity index (χ4v) is 1.28. The first-order valence-electron chi connectivity index (χ1n) is 2.54. The van der Waals surface area contributed by atoms with Crippen LogP contribution >= 0.6 is 11.8 Å². The highest BCUT2D eigenvalue weighted by molar-refractivity contribution is 7.99. The van der Waals surface area contributed by atoms with Crippen molar-refractivity contribution in [3.05, 3.63) is 0 Å². The lowest BCUT2D eigenvalue weighted by Crippen LogP contribution is -2.07. The molecule has 0 unspecified atom stereocenters. The van der Waals surface area contributed by atoms with Crippen molar-refractivity contribution in [1.29, 1.82) is 0 Å². The van der Waals surface area contributed by atoms with E-state index in [1.165, 1.54) is 0 Å². The molecule has 0 N–H and O–H groups in total. The predicted octanol–water partition coefficient (Wildman–Crippen LogP) is 0.665. The van der Waals surface area contributed by atoms with Gasteiger partial charge in [-0.25, -0.2) is 0 Å². The van der Waals surface area contributed by atoms with Crippen molar-refractivity contribution in [3.63, 3.8) is 0 Å². The Kier molecular flexibility index (Phi) is 1.78. The highest BCUT2D eigenvalue weighted by Gasteiger charge is 2.24. The van der Waals surface area contributed by atoms with Gasteiger partial charge in [-0.2, -0.15) is 11.8 Å². The lowest BCUT2D eigenvalue weighted by molar-refractivity contribution is -0.137. The van der Waals surface area contributed by atoms with Crippen LogP contribution in [-0.2, 0) is 9.53 Å². The number of thioether (sulfide) groups is 1. The van der Waals surface area contributed by atoms with E-state index in [1.54, 1.807) is 11.8 Å². The minimum atomic E-state index is -0.0440. The van der Waals surface area contributed by atoms with Gasteiger partial charge in [0, 0.05) is 6.42 Å². The summed E-state index contributed by atoms with van der Waals surface area (Å²) in [6.45, 7) is 0.615. The molecule has 1 fully saturated rings. The molecule has 3 heteroatoms. The fraction of sp³-hybridized carbons (Fsp3) is 0.800. The van der Waals surface area contributed by atoms with Gasteiger partial charge in [-0.1, -0.05) is 0 Å². The molecular formula is C5H8O2S. The van der Waals surface area contributed by atoms with E-state index in [2.05, 4.69) is 0 Å². The van der Waals surface area contributed by atoms with Gasteiger partial charge in [0.05, 0.1) is 6.61 Å². The summed E-state index contributed by atoms with van der Waals surface area (Å²) in [5.41, 5.74) is 0. The van der Waals surface area contributed by atoms with E-state index in [1.807, 2.05) is 6.26 Å². The number of rotatable bonds is 1. The van der Waals surface area contributed by atoms with Crippen molar-refractivity contribution in [3.8, 4) is 0 Å². The van der Waals surface area contributed by atoms with Crippen LogP contribution in [0.2, 0.25) is 0 Å². The largest absolute Gasteiger partial charge is 0.465 e. The Balaban J connectivity index is 2.42. The van der Waals surface area contributed by atoms with E-state index in [9.17, 15) is 4.79 Å². The van der Waals surface area contributed by atoms with Crippen molar-refractivity contribution < 1.29 is 9.53 Å². The van der Waals surface area contributed by atoms with Crippen LogP contribution in [-0.4, -0.2) is 24.1 Å². The lowest BCUT2D eigenvalue weighted by Gasteiger charge is -1.95. The highest BCUT2D eigenvalue weighted by Crippen LogP contribution is 2.18. The molecule has 0 aliphatic carbocycles. The molecule has 1 heterocycles. The Morgan fingerprint density at radius 1 is 1.88 bits per heavy atom. The molecule has 0 aromatic rings. The normalized spacial score (nSPS) is 28.1. The maximum Gasteiger partial charge on any atom is 0.319 e. The average Bonchev–Trinajstić information content (AvgIpc) is 2.14. The molecule has 1 rings (SSSR count). The second kappa shape index (κ2) is 2.40. The van der Waals surface area contributed by atoms with Gasteiger partial charge in [0.15, 0.2) is 0 Å². The Bertz CT molecular complexity index is 103. The topological polar surface area (TPSA) is 26.3 Å². The summed E-state index contributed by atoms with van der Waals surface area (Å²) in [5, 5.41) is 0.120. The molecule has 0 amide bonds. The van der Waals surface area contributed by atoms with Gasteiger partial charge in [-0.3, -0.25) is 4.79 Å². The van der Waals surface area contributed by atoms with Crippen molar-refractivity contribution in [1.82, 2.24) is 0 Å². The van der Waals surface area contributed by atoms with Crippen LogP contribution in [0.3, 0.4) is 0 Å². The Labute approximate surface area is 52.6 Å². The number of esters is 1. The maximum absolute atomic E-state index is 10.6. The van der Waals surface area contributed by atoms with Crippen LogP contribution in [0.4, 0.5) is 0 Å². The Morgan fingerprint density at radius 2 is 2.62 bits per heavy atom. The van der Waals surface area contributed by atoms with E-state index >= 15 is 0 Å². The number of carbonyl (C=O) groups excluding carboxylic acids is 1. The van der Waals surface area contributed by atoms with Crippen LogP contribution in [0.5, 0.6) is 0 Å². The van der Waals surface area contributed by atoms with E-state index < -0.39 is 0 Å². The maximum atomic E-state index is 10.6. The molecule has 2 nitrogen and oxygen atoms in total. The zero-order valence-electron chi connectivity index (χ0n) is 4.72. The minimum absolute atomic E-state index is 0.0440. The van der Waals surface area contributed by atoms with Crippen molar-refractivity contribution in [2.45, 2.75) is 11.7 Å². The lowest BCUT2D eigenvalue weighted by atomic mass is 10.4. The summed E-state index contributed by atoms with van der Waals surface area (Å²) < 4.78 is 4.70. The predicted molar refractivity (Wildman–Crippen MR) is 32.9 cm³/mol. The number of cyclic esters (lactones) is 1. The van der Waals surface area contributed by atoms with E-state index in [4.69, 9.17) is 4.74 Å². The van der Waals surface area contributed by atoms with E-state index in [0.29, 0.717) is 6.61 Å². The molecule has 0 aromatic carbocycles. The zero-order chi connectivity index (χ0) is 5.98. The molecule has 8 heavy (non-hydrogen) atoms. The number of hydrogen-bond acceptors (Lipinski definition) is 3. The molecular weight excluding hydrogens is 124 g/mol. The first kappa shape index (κ1) is 5.95. The summed E-state index contributed by atoms with van der Waals surface area (Å²) >= 11 is 1.57. The van der Waals surface area contributed by atoms with Gasteiger partial charge < -0.3 is 4.74 Å². The fourth-order valence-electron chi connectivity index (χ4n) is 0.691. The molecule has 0 radical (unpaired) electrons. The second-order valence-electron chi connectivity index (χ2n) is 1.68. The molecule has 1 atom stereocenters. The van der Waals surface area contributed by atoms with Gasteiger partial charge in [-0.05, 0) is 6.26 Å². The molecule has 0 bridgehead atoms. The van der Waals surface area contributed by atoms with Crippen LogP contribution in [0.25, 0.3) is 0 Å². The summed E-state index contributed by atoms with van der Waals surface area (Å²) in [6, 6.07) is 0. The molecule has 1 saturated heterocycles. The Morgan fingerprint density at radius 3 is 2.88 bits per heavy atom. The van der Waals surface area contributed by atoms with Crippen LogP contribution in [0.15, 0.2) is 0 Å². The first-order chi connectivity index (χ1) is 3.84. The van der Waals surface area contributed by atoms with Gasteiger partial charge >= 0.3 is 5.97 Å². The first-order valence-corrected chi connectivity index (χ1v) is 3.83. The number of ether oxygens (including phenoxy) is 1. The highest BCUT2D eigenvalue weighted by atomic mass is 32.2. The van der Waals surface area contributed by atoms with Crippen LogP contribution in [0.1, 0.15) is 6.42 Å². The van der Waals surface area contributed by atoms with Crippen molar-refractivity contribution >= 4 is 17.7 Å². The van der Waals surface area contributed by atoms with E-state index in [-0.39, 0.29) is 11.2 Å². The third kappa shape index (κ3) is 0.968. The second-order valence-corrected chi connectivity index (χ2v) is 2.72.